The fraction of sp³-hybridized carbons (Fsp3) is 0.320. The number of aromatic amines is 1. The van der Waals surface area contributed by atoms with E-state index in [1.165, 1.54) is 21.6 Å². The number of halogens is 1. The lowest BCUT2D eigenvalue weighted by Crippen LogP contribution is -2.42. The monoisotopic (exact) mass is 466 g/mol. The van der Waals surface area contributed by atoms with Gasteiger partial charge in [0.25, 0.3) is 5.56 Å². The molecule has 0 saturated heterocycles. The number of nitrogen functional groups attached to an aromatic ring is 1. The molecule has 1 heterocycles. The number of H-pyrrole nitrogens is 1. The summed E-state index contributed by atoms with van der Waals surface area (Å²) in [6.45, 7) is 0.741. The highest BCUT2D eigenvalue weighted by Gasteiger charge is 2.46. The molecule has 3 aromatic rings. The van der Waals surface area contributed by atoms with Gasteiger partial charge in [0.2, 0.25) is 5.91 Å². The van der Waals surface area contributed by atoms with Crippen LogP contribution in [-0.2, 0) is 16.1 Å². The summed E-state index contributed by atoms with van der Waals surface area (Å²) in [5.74, 6) is -1.08. The molecular weight excluding hydrogens is 439 g/mol. The van der Waals surface area contributed by atoms with Gasteiger partial charge in [-0.25, -0.2) is 9.18 Å². The van der Waals surface area contributed by atoms with E-state index in [0.717, 1.165) is 11.1 Å². The Labute approximate surface area is 195 Å². The number of hydrogen-bond acceptors (Lipinski definition) is 5. The summed E-state index contributed by atoms with van der Waals surface area (Å²) in [6, 6.07) is 15.3. The summed E-state index contributed by atoms with van der Waals surface area (Å²) in [7, 11) is 1.55. The summed E-state index contributed by atoms with van der Waals surface area (Å²) in [5, 5.41) is 0. The molecule has 1 fully saturated rings. The summed E-state index contributed by atoms with van der Waals surface area (Å²) >= 11 is 0. The van der Waals surface area contributed by atoms with Gasteiger partial charge in [-0.15, -0.1) is 0 Å². The summed E-state index contributed by atoms with van der Waals surface area (Å²) in [6.07, 6.45) is 1.07. The first kappa shape index (κ1) is 23.4. The molecule has 3 N–H and O–H groups in total. The van der Waals surface area contributed by atoms with Crippen LogP contribution in [0.2, 0.25) is 0 Å². The Morgan fingerprint density at radius 1 is 1.18 bits per heavy atom. The van der Waals surface area contributed by atoms with Crippen LogP contribution >= 0.6 is 0 Å². The number of nitrogens with zero attached hydrogens (tertiary/aromatic N) is 2. The average molecular weight is 467 g/mol. The van der Waals surface area contributed by atoms with Crippen molar-refractivity contribution in [2.24, 2.45) is 5.92 Å². The Hall–Kier alpha value is -3.72. The molecule has 0 aliphatic heterocycles. The van der Waals surface area contributed by atoms with Crippen LogP contribution in [0, 0.1) is 11.7 Å². The molecule has 0 bridgehead atoms. The number of amides is 1. The summed E-state index contributed by atoms with van der Waals surface area (Å²) < 4.78 is 19.7. The van der Waals surface area contributed by atoms with Gasteiger partial charge in [-0.1, -0.05) is 42.5 Å². The third-order valence-corrected chi connectivity index (χ3v) is 6.07. The number of rotatable bonds is 9. The van der Waals surface area contributed by atoms with Crippen LogP contribution in [0.3, 0.4) is 0 Å². The Morgan fingerprint density at radius 2 is 1.88 bits per heavy atom. The lowest BCUT2D eigenvalue weighted by atomic mass is 10.1. The van der Waals surface area contributed by atoms with Gasteiger partial charge in [-0.05, 0) is 42.0 Å². The average Bonchev–Trinajstić information content (AvgIpc) is 3.62. The highest BCUT2D eigenvalue weighted by molar-refractivity contribution is 5.99. The molecule has 8 nitrogen and oxygen atoms in total. The van der Waals surface area contributed by atoms with E-state index >= 15 is 0 Å². The standard InChI is InChI=1S/C25H27FN4O4/c1-34-13-5-12-29(24(32)20-14-19(20)17-8-10-18(26)11-9-17)21-22(27)30(25(33)28-23(21)31)15-16-6-3-2-4-7-16/h2-4,6-11,19-20H,5,12-15,27H2,1H3,(H,28,31,33). The zero-order chi connectivity index (χ0) is 24.2. The minimum Gasteiger partial charge on any atom is -0.385 e. The second-order valence-electron chi connectivity index (χ2n) is 8.40. The largest absolute Gasteiger partial charge is 0.385 e. The van der Waals surface area contributed by atoms with Crippen molar-refractivity contribution in [2.45, 2.75) is 25.3 Å². The fourth-order valence-electron chi connectivity index (χ4n) is 4.21. The van der Waals surface area contributed by atoms with E-state index < -0.39 is 11.2 Å². The van der Waals surface area contributed by atoms with Crippen LogP contribution in [0.15, 0.2) is 64.2 Å². The Kier molecular flexibility index (Phi) is 6.93. The smallest absolute Gasteiger partial charge is 0.330 e. The first-order valence-corrected chi connectivity index (χ1v) is 11.1. The normalized spacial score (nSPS) is 16.9. The lowest BCUT2D eigenvalue weighted by molar-refractivity contribution is -0.119. The van der Waals surface area contributed by atoms with Gasteiger partial charge in [0.05, 0.1) is 6.54 Å². The first-order valence-electron chi connectivity index (χ1n) is 11.1. The van der Waals surface area contributed by atoms with Crippen molar-refractivity contribution < 1.29 is 13.9 Å². The number of nitrogens with two attached hydrogens (primary N) is 1. The van der Waals surface area contributed by atoms with Crippen molar-refractivity contribution in [3.63, 3.8) is 0 Å². The predicted molar refractivity (Wildman–Crippen MR) is 127 cm³/mol. The van der Waals surface area contributed by atoms with Crippen molar-refractivity contribution in [2.75, 3.05) is 30.9 Å². The number of hydrogen-bond donors (Lipinski definition) is 2. The minimum atomic E-state index is -0.712. The highest BCUT2D eigenvalue weighted by atomic mass is 19.1. The second kappa shape index (κ2) is 10.0. The highest BCUT2D eigenvalue weighted by Crippen LogP contribution is 2.49. The van der Waals surface area contributed by atoms with E-state index in [4.69, 9.17) is 10.5 Å². The molecule has 0 radical (unpaired) electrons. The molecule has 0 spiro atoms. The maximum atomic E-state index is 13.5. The third kappa shape index (κ3) is 4.94. The number of carbonyl (C=O) groups is 1. The predicted octanol–water partition coefficient (Wildman–Crippen LogP) is 2.48. The molecule has 1 saturated carbocycles. The van der Waals surface area contributed by atoms with Crippen LogP contribution in [0.25, 0.3) is 0 Å². The second-order valence-corrected chi connectivity index (χ2v) is 8.40. The van der Waals surface area contributed by atoms with Crippen LogP contribution in [0.1, 0.15) is 29.9 Å². The Bertz CT molecular complexity index is 1270. The molecule has 1 amide bonds. The molecular formula is C25H27FN4O4. The van der Waals surface area contributed by atoms with Gasteiger partial charge in [0, 0.05) is 26.2 Å². The van der Waals surface area contributed by atoms with Gasteiger partial charge in [-0.2, -0.15) is 0 Å². The number of aromatic nitrogens is 2. The van der Waals surface area contributed by atoms with Crippen molar-refractivity contribution in [3.05, 3.63) is 92.4 Å². The molecule has 1 aromatic heterocycles. The molecule has 9 heteroatoms. The quantitative estimate of drug-likeness (QED) is 0.471. The van der Waals surface area contributed by atoms with Crippen LogP contribution < -0.4 is 21.9 Å². The molecule has 2 unspecified atom stereocenters. The van der Waals surface area contributed by atoms with E-state index in [1.54, 1.807) is 19.2 Å². The van der Waals surface area contributed by atoms with E-state index in [-0.39, 0.29) is 48.2 Å². The van der Waals surface area contributed by atoms with Gasteiger partial charge >= 0.3 is 5.69 Å². The van der Waals surface area contributed by atoms with Crippen molar-refractivity contribution >= 4 is 17.4 Å². The summed E-state index contributed by atoms with van der Waals surface area (Å²) in [4.78, 5) is 42.6. The number of benzene rings is 2. The SMILES string of the molecule is COCCCN(C(=O)C1CC1c1ccc(F)cc1)c1c(N)n(Cc2ccccc2)c(=O)[nH]c1=O. The molecule has 4 rings (SSSR count). The molecule has 178 valence electrons. The molecule has 34 heavy (non-hydrogen) atoms. The number of anilines is 2. The zero-order valence-electron chi connectivity index (χ0n) is 18.9. The van der Waals surface area contributed by atoms with Gasteiger partial charge < -0.3 is 15.4 Å². The van der Waals surface area contributed by atoms with E-state index in [2.05, 4.69) is 4.98 Å². The van der Waals surface area contributed by atoms with Crippen LogP contribution in [0.4, 0.5) is 15.9 Å². The Morgan fingerprint density at radius 3 is 2.56 bits per heavy atom. The van der Waals surface area contributed by atoms with Gasteiger partial charge in [0.1, 0.15) is 11.6 Å². The fourth-order valence-corrected chi connectivity index (χ4v) is 4.21. The number of methoxy groups -OCH3 is 1. The third-order valence-electron chi connectivity index (χ3n) is 6.07. The minimum absolute atomic E-state index is 0.0404. The molecule has 2 aromatic carbocycles. The number of ether oxygens (including phenoxy) is 1. The molecule has 2 atom stereocenters. The van der Waals surface area contributed by atoms with Crippen LogP contribution in [0.5, 0.6) is 0 Å². The maximum absolute atomic E-state index is 13.5. The van der Waals surface area contributed by atoms with E-state index in [0.29, 0.717) is 19.4 Å². The lowest BCUT2D eigenvalue weighted by Gasteiger charge is -2.25. The number of nitrogens with one attached hydrogen (secondary N) is 1. The van der Waals surface area contributed by atoms with Crippen molar-refractivity contribution in [1.29, 1.82) is 0 Å². The van der Waals surface area contributed by atoms with Gasteiger partial charge in [0.15, 0.2) is 5.69 Å². The van der Waals surface area contributed by atoms with E-state index in [1.807, 2.05) is 30.3 Å². The topological polar surface area (TPSA) is 110 Å². The van der Waals surface area contributed by atoms with E-state index in [9.17, 15) is 18.8 Å². The zero-order valence-corrected chi connectivity index (χ0v) is 18.9. The maximum Gasteiger partial charge on any atom is 0.330 e. The number of carbonyl (C=O) groups excluding carboxylic acids is 1. The van der Waals surface area contributed by atoms with Gasteiger partial charge in [-0.3, -0.25) is 19.1 Å². The summed E-state index contributed by atoms with van der Waals surface area (Å²) in [5.41, 5.74) is 6.63. The van der Waals surface area contributed by atoms with Crippen LogP contribution in [-0.4, -0.2) is 35.7 Å². The van der Waals surface area contributed by atoms with Crippen molar-refractivity contribution in [3.8, 4) is 0 Å². The molecule has 1 aliphatic rings. The first-order chi connectivity index (χ1) is 16.4. The molecule has 1 aliphatic carbocycles. The van der Waals surface area contributed by atoms with Crippen molar-refractivity contribution in [1.82, 2.24) is 9.55 Å². The Balaban J connectivity index is 1.67.